The van der Waals surface area contributed by atoms with Crippen molar-refractivity contribution in [1.29, 1.82) is 0 Å². The minimum atomic E-state index is 0.0902. The van der Waals surface area contributed by atoms with Gasteiger partial charge in [-0.1, -0.05) is 53.2 Å². The summed E-state index contributed by atoms with van der Waals surface area (Å²) in [5.74, 6) is 0. The number of rotatable bonds is 4. The van der Waals surface area contributed by atoms with E-state index < -0.39 is 0 Å². The van der Waals surface area contributed by atoms with Crippen LogP contribution in [0.2, 0.25) is 10.0 Å². The molecule has 1 aromatic carbocycles. The number of benzene rings is 1. The third-order valence-electron chi connectivity index (χ3n) is 2.43. The van der Waals surface area contributed by atoms with E-state index in [1.807, 2.05) is 36.4 Å². The van der Waals surface area contributed by atoms with Crippen molar-refractivity contribution in [3.8, 4) is 0 Å². The topological polar surface area (TPSA) is 38.9 Å². The molecule has 0 saturated heterocycles. The fraction of sp³-hybridized carbons (Fsp3) is 0.154. The first-order valence-electron chi connectivity index (χ1n) is 5.43. The molecule has 0 radical (unpaired) electrons. The Morgan fingerprint density at radius 2 is 1.94 bits per heavy atom. The number of pyridine rings is 1. The molecular formula is C13H12Cl2N2S. The fourth-order valence-corrected chi connectivity index (χ4v) is 2.98. The number of nitrogens with zero attached hydrogens (tertiary/aromatic N) is 1. The number of nitrogens with two attached hydrogens (primary N) is 1. The molecule has 0 amide bonds. The van der Waals surface area contributed by atoms with Crippen molar-refractivity contribution >= 4 is 35.0 Å². The van der Waals surface area contributed by atoms with Crippen molar-refractivity contribution in [2.45, 2.75) is 10.3 Å². The Labute approximate surface area is 121 Å². The normalized spacial score (nSPS) is 12.4. The summed E-state index contributed by atoms with van der Waals surface area (Å²) in [7, 11) is 0. The van der Waals surface area contributed by atoms with Gasteiger partial charge in [0.2, 0.25) is 0 Å². The second kappa shape index (κ2) is 6.43. The van der Waals surface area contributed by atoms with E-state index in [4.69, 9.17) is 28.9 Å². The van der Waals surface area contributed by atoms with Gasteiger partial charge in [0.05, 0.1) is 10.0 Å². The van der Waals surface area contributed by atoms with Crippen LogP contribution in [-0.2, 0) is 0 Å². The van der Waals surface area contributed by atoms with Crippen molar-refractivity contribution in [2.75, 3.05) is 6.54 Å². The lowest BCUT2D eigenvalue weighted by atomic mass is 10.1. The molecule has 0 spiro atoms. The molecule has 0 aliphatic heterocycles. The number of thioether (sulfide) groups is 1. The van der Waals surface area contributed by atoms with E-state index in [2.05, 4.69) is 4.98 Å². The lowest BCUT2D eigenvalue weighted by molar-refractivity contribution is 0.935. The summed E-state index contributed by atoms with van der Waals surface area (Å²) < 4.78 is 0. The molecule has 1 atom stereocenters. The van der Waals surface area contributed by atoms with Gasteiger partial charge in [0.25, 0.3) is 0 Å². The standard InChI is InChI=1S/C13H12Cl2N2S/c14-9-5-6-13(17-8-9)18-12(7-16)10-3-1-2-4-11(10)15/h1-6,8,12H,7,16H2. The molecule has 2 nitrogen and oxygen atoms in total. The molecule has 0 saturated carbocycles. The first-order chi connectivity index (χ1) is 8.70. The summed E-state index contributed by atoms with van der Waals surface area (Å²) in [5, 5.41) is 2.33. The molecule has 18 heavy (non-hydrogen) atoms. The van der Waals surface area contributed by atoms with Gasteiger partial charge in [-0.25, -0.2) is 4.98 Å². The van der Waals surface area contributed by atoms with E-state index >= 15 is 0 Å². The molecule has 2 aromatic rings. The van der Waals surface area contributed by atoms with E-state index in [9.17, 15) is 0 Å². The molecule has 1 aromatic heterocycles. The maximum absolute atomic E-state index is 6.18. The van der Waals surface area contributed by atoms with E-state index in [-0.39, 0.29) is 5.25 Å². The van der Waals surface area contributed by atoms with E-state index in [1.165, 1.54) is 0 Å². The van der Waals surface area contributed by atoms with Crippen molar-refractivity contribution in [3.63, 3.8) is 0 Å². The number of hydrogen-bond donors (Lipinski definition) is 1. The van der Waals surface area contributed by atoms with E-state index in [0.29, 0.717) is 11.6 Å². The zero-order chi connectivity index (χ0) is 13.0. The van der Waals surface area contributed by atoms with Gasteiger partial charge < -0.3 is 5.73 Å². The van der Waals surface area contributed by atoms with Crippen LogP contribution in [0.25, 0.3) is 0 Å². The molecule has 2 N–H and O–H groups in total. The molecule has 0 fully saturated rings. The van der Waals surface area contributed by atoms with Crippen LogP contribution in [0.3, 0.4) is 0 Å². The third kappa shape index (κ3) is 3.39. The van der Waals surface area contributed by atoms with Gasteiger partial charge in [-0.15, -0.1) is 0 Å². The van der Waals surface area contributed by atoms with E-state index in [1.54, 1.807) is 18.0 Å². The van der Waals surface area contributed by atoms with Gasteiger partial charge in [0.15, 0.2) is 0 Å². The lowest BCUT2D eigenvalue weighted by Gasteiger charge is -2.15. The van der Waals surface area contributed by atoms with Gasteiger partial charge in [-0.3, -0.25) is 0 Å². The molecule has 5 heteroatoms. The van der Waals surface area contributed by atoms with Gasteiger partial charge in [-0.2, -0.15) is 0 Å². The average molecular weight is 299 g/mol. The maximum Gasteiger partial charge on any atom is 0.0967 e. The Hall–Kier alpha value is -0.740. The molecule has 0 bridgehead atoms. The quantitative estimate of drug-likeness (QED) is 0.861. The zero-order valence-corrected chi connectivity index (χ0v) is 11.8. The van der Waals surface area contributed by atoms with Gasteiger partial charge in [-0.05, 0) is 23.8 Å². The maximum atomic E-state index is 6.18. The SMILES string of the molecule is NCC(Sc1ccc(Cl)cn1)c1ccccc1Cl. The van der Waals surface area contributed by atoms with Crippen LogP contribution >= 0.6 is 35.0 Å². The number of hydrogen-bond acceptors (Lipinski definition) is 3. The van der Waals surface area contributed by atoms with Gasteiger partial charge in [0.1, 0.15) is 0 Å². The van der Waals surface area contributed by atoms with Crippen molar-refractivity contribution in [3.05, 3.63) is 58.2 Å². The number of aromatic nitrogens is 1. The highest BCUT2D eigenvalue weighted by molar-refractivity contribution is 7.99. The molecule has 94 valence electrons. The molecule has 0 aliphatic carbocycles. The smallest absolute Gasteiger partial charge is 0.0967 e. The second-order valence-electron chi connectivity index (χ2n) is 3.68. The summed E-state index contributed by atoms with van der Waals surface area (Å²) in [6.07, 6.45) is 1.63. The first kappa shape index (κ1) is 13.7. The predicted octanol–water partition coefficient (Wildman–Crippen LogP) is 4.18. The minimum Gasteiger partial charge on any atom is -0.329 e. The molecule has 1 heterocycles. The summed E-state index contributed by atoms with van der Waals surface area (Å²) in [6, 6.07) is 11.4. The van der Waals surface area contributed by atoms with Crippen LogP contribution in [0, 0.1) is 0 Å². The van der Waals surface area contributed by atoms with Crippen molar-refractivity contribution < 1.29 is 0 Å². The second-order valence-corrected chi connectivity index (χ2v) is 5.75. The summed E-state index contributed by atoms with van der Waals surface area (Å²) >= 11 is 13.6. The summed E-state index contributed by atoms with van der Waals surface area (Å²) in [4.78, 5) is 4.25. The zero-order valence-electron chi connectivity index (χ0n) is 9.51. The van der Waals surface area contributed by atoms with Crippen LogP contribution in [0.5, 0.6) is 0 Å². The van der Waals surface area contributed by atoms with Crippen LogP contribution in [-0.4, -0.2) is 11.5 Å². The van der Waals surface area contributed by atoms with Crippen LogP contribution in [0.15, 0.2) is 47.6 Å². The molecule has 0 aliphatic rings. The fourth-order valence-electron chi connectivity index (χ4n) is 1.55. The lowest BCUT2D eigenvalue weighted by Crippen LogP contribution is -2.10. The third-order valence-corrected chi connectivity index (χ3v) is 4.21. The largest absolute Gasteiger partial charge is 0.329 e. The van der Waals surface area contributed by atoms with Gasteiger partial charge >= 0.3 is 0 Å². The Morgan fingerprint density at radius 3 is 2.56 bits per heavy atom. The van der Waals surface area contributed by atoms with Crippen molar-refractivity contribution in [1.82, 2.24) is 4.98 Å². The van der Waals surface area contributed by atoms with Crippen LogP contribution in [0.4, 0.5) is 0 Å². The molecule has 1 unspecified atom stereocenters. The van der Waals surface area contributed by atoms with Crippen molar-refractivity contribution in [2.24, 2.45) is 5.73 Å². The Kier molecular flexibility index (Phi) is 4.89. The molecule has 2 rings (SSSR count). The predicted molar refractivity (Wildman–Crippen MR) is 78.4 cm³/mol. The number of halogens is 2. The average Bonchev–Trinajstić information content (AvgIpc) is 2.39. The molecular weight excluding hydrogens is 287 g/mol. The van der Waals surface area contributed by atoms with Gasteiger partial charge in [0, 0.05) is 23.0 Å². The Balaban J connectivity index is 2.20. The minimum absolute atomic E-state index is 0.0902. The highest BCUT2D eigenvalue weighted by atomic mass is 35.5. The summed E-state index contributed by atoms with van der Waals surface area (Å²) in [5.41, 5.74) is 6.85. The monoisotopic (exact) mass is 298 g/mol. The first-order valence-corrected chi connectivity index (χ1v) is 7.07. The Morgan fingerprint density at radius 1 is 1.17 bits per heavy atom. The highest BCUT2D eigenvalue weighted by Gasteiger charge is 2.14. The van der Waals surface area contributed by atoms with E-state index in [0.717, 1.165) is 15.6 Å². The highest BCUT2D eigenvalue weighted by Crippen LogP contribution is 2.36. The Bertz CT molecular complexity index is 517. The van der Waals surface area contributed by atoms with Crippen LogP contribution in [0.1, 0.15) is 10.8 Å². The van der Waals surface area contributed by atoms with Crippen LogP contribution < -0.4 is 5.73 Å². The summed E-state index contributed by atoms with van der Waals surface area (Å²) in [6.45, 7) is 0.499.